The van der Waals surface area contributed by atoms with Gasteiger partial charge in [0.2, 0.25) is 0 Å². The third-order valence-corrected chi connectivity index (χ3v) is 4.29. The van der Waals surface area contributed by atoms with Crippen molar-refractivity contribution in [1.82, 2.24) is 9.88 Å². The number of hydrogen-bond acceptors (Lipinski definition) is 3. The van der Waals surface area contributed by atoms with E-state index >= 15 is 0 Å². The fourth-order valence-corrected chi connectivity index (χ4v) is 2.95. The Bertz CT molecular complexity index is 670. The Morgan fingerprint density at radius 2 is 2.24 bits per heavy atom. The Balaban J connectivity index is 1.80. The molecule has 0 saturated carbocycles. The number of rotatable bonds is 2. The van der Waals surface area contributed by atoms with Crippen LogP contribution < -0.4 is 0 Å². The maximum atomic E-state index is 12.5. The number of H-pyrrole nitrogens is 1. The lowest BCUT2D eigenvalue weighted by Crippen LogP contribution is -2.47. The number of aliphatic hydroxyl groups excluding tert-OH is 2. The van der Waals surface area contributed by atoms with Crippen molar-refractivity contribution in [3.8, 4) is 0 Å². The van der Waals surface area contributed by atoms with E-state index in [1.807, 2.05) is 6.07 Å². The summed E-state index contributed by atoms with van der Waals surface area (Å²) >= 11 is 5.94. The number of carbonyl (C=O) groups excluding carboxylic acids is 1. The Morgan fingerprint density at radius 3 is 2.95 bits per heavy atom. The van der Waals surface area contributed by atoms with Gasteiger partial charge < -0.3 is 20.1 Å². The van der Waals surface area contributed by atoms with Gasteiger partial charge in [-0.3, -0.25) is 4.79 Å². The van der Waals surface area contributed by atoms with E-state index in [0.29, 0.717) is 23.7 Å². The van der Waals surface area contributed by atoms with Gasteiger partial charge in [0.15, 0.2) is 0 Å². The second-order valence-corrected chi connectivity index (χ2v) is 5.90. The Kier molecular flexibility index (Phi) is 3.89. The van der Waals surface area contributed by atoms with E-state index in [4.69, 9.17) is 16.7 Å². The smallest absolute Gasteiger partial charge is 0.270 e. The summed E-state index contributed by atoms with van der Waals surface area (Å²) in [6, 6.07) is 7.18. The number of benzene rings is 1. The van der Waals surface area contributed by atoms with Gasteiger partial charge in [0, 0.05) is 41.5 Å². The summed E-state index contributed by atoms with van der Waals surface area (Å²) in [7, 11) is 0. The van der Waals surface area contributed by atoms with Crippen molar-refractivity contribution in [1.29, 1.82) is 0 Å². The van der Waals surface area contributed by atoms with Crippen LogP contribution in [0.3, 0.4) is 0 Å². The third kappa shape index (κ3) is 2.77. The highest BCUT2D eigenvalue weighted by Crippen LogP contribution is 2.23. The standard InChI is InChI=1S/C15H17ClN2O3/c16-11-1-2-12-10(5-11)6-13(17-12)15(21)18-4-3-9(8-19)14(20)7-18/h1-2,5-6,9,14,17,19-20H,3-4,7-8H2/t9-,14+/m1/s1. The zero-order valence-corrected chi connectivity index (χ0v) is 12.2. The molecule has 3 N–H and O–H groups in total. The van der Waals surface area contributed by atoms with Gasteiger partial charge in [-0.2, -0.15) is 0 Å². The molecular weight excluding hydrogens is 292 g/mol. The van der Waals surface area contributed by atoms with Gasteiger partial charge in [0.25, 0.3) is 5.91 Å². The molecule has 1 saturated heterocycles. The monoisotopic (exact) mass is 308 g/mol. The molecule has 1 amide bonds. The van der Waals surface area contributed by atoms with Crippen LogP contribution >= 0.6 is 11.6 Å². The molecule has 5 nitrogen and oxygen atoms in total. The highest BCUT2D eigenvalue weighted by Gasteiger charge is 2.30. The molecule has 1 aromatic heterocycles. The molecule has 0 aliphatic carbocycles. The number of nitrogens with one attached hydrogen (secondary N) is 1. The summed E-state index contributed by atoms with van der Waals surface area (Å²) in [6.45, 7) is 0.742. The molecule has 1 aromatic carbocycles. The van der Waals surface area contributed by atoms with Crippen LogP contribution in [-0.2, 0) is 0 Å². The molecule has 1 aliphatic heterocycles. The van der Waals surface area contributed by atoms with E-state index in [2.05, 4.69) is 4.98 Å². The molecule has 2 heterocycles. The first-order valence-electron chi connectivity index (χ1n) is 6.95. The molecule has 21 heavy (non-hydrogen) atoms. The zero-order valence-electron chi connectivity index (χ0n) is 11.4. The summed E-state index contributed by atoms with van der Waals surface area (Å²) in [6.07, 6.45) is -0.0679. The van der Waals surface area contributed by atoms with Crippen molar-refractivity contribution in [2.24, 2.45) is 5.92 Å². The zero-order chi connectivity index (χ0) is 15.0. The number of amides is 1. The van der Waals surface area contributed by atoms with E-state index in [1.165, 1.54) is 0 Å². The van der Waals surface area contributed by atoms with E-state index < -0.39 is 6.10 Å². The SMILES string of the molecule is O=C(c1cc2cc(Cl)ccc2[nH]1)N1CC[C@H](CO)[C@@H](O)C1. The van der Waals surface area contributed by atoms with Crippen molar-refractivity contribution < 1.29 is 15.0 Å². The number of β-amino-alcohol motifs (C(OH)–C–C–N with tert-alkyl or cyclic N) is 1. The molecule has 2 atom stereocenters. The summed E-state index contributed by atoms with van der Waals surface area (Å²) < 4.78 is 0. The fraction of sp³-hybridized carbons (Fsp3) is 0.400. The number of hydrogen-bond donors (Lipinski definition) is 3. The minimum absolute atomic E-state index is 0.0475. The first-order chi connectivity index (χ1) is 10.1. The van der Waals surface area contributed by atoms with Crippen molar-refractivity contribution in [3.63, 3.8) is 0 Å². The maximum Gasteiger partial charge on any atom is 0.270 e. The van der Waals surface area contributed by atoms with E-state index in [9.17, 15) is 9.90 Å². The molecule has 0 unspecified atom stereocenters. The topological polar surface area (TPSA) is 76.6 Å². The number of carbonyl (C=O) groups is 1. The van der Waals surface area contributed by atoms with Crippen molar-refractivity contribution in [2.45, 2.75) is 12.5 Å². The van der Waals surface area contributed by atoms with Gasteiger partial charge in [-0.05, 0) is 30.7 Å². The Labute approximate surface area is 127 Å². The Morgan fingerprint density at radius 1 is 1.43 bits per heavy atom. The van der Waals surface area contributed by atoms with Crippen LogP contribution in [0.4, 0.5) is 0 Å². The van der Waals surface area contributed by atoms with Crippen molar-refractivity contribution >= 4 is 28.4 Å². The number of piperidine rings is 1. The summed E-state index contributed by atoms with van der Waals surface area (Å²) in [5.41, 5.74) is 1.34. The normalized spacial score (nSPS) is 22.7. The predicted octanol–water partition coefficient (Wildman–Crippen LogP) is 1.64. The van der Waals surface area contributed by atoms with Gasteiger partial charge in [0.1, 0.15) is 5.69 Å². The van der Waals surface area contributed by atoms with Gasteiger partial charge in [-0.15, -0.1) is 0 Å². The van der Waals surface area contributed by atoms with Crippen LogP contribution in [0.25, 0.3) is 10.9 Å². The van der Waals surface area contributed by atoms with Crippen LogP contribution in [0.5, 0.6) is 0 Å². The molecule has 2 aromatic rings. The van der Waals surface area contributed by atoms with Crippen LogP contribution in [0, 0.1) is 5.92 Å². The number of fused-ring (bicyclic) bond motifs is 1. The van der Waals surface area contributed by atoms with E-state index in [-0.39, 0.29) is 25.0 Å². The average Bonchev–Trinajstić information content (AvgIpc) is 2.89. The van der Waals surface area contributed by atoms with Crippen LogP contribution in [0.1, 0.15) is 16.9 Å². The highest BCUT2D eigenvalue weighted by atomic mass is 35.5. The lowest BCUT2D eigenvalue weighted by molar-refractivity contribution is 0.000696. The van der Waals surface area contributed by atoms with Gasteiger partial charge in [-0.25, -0.2) is 0 Å². The predicted molar refractivity (Wildman–Crippen MR) is 80.4 cm³/mol. The van der Waals surface area contributed by atoms with Crippen LogP contribution in [-0.4, -0.2) is 51.8 Å². The highest BCUT2D eigenvalue weighted by molar-refractivity contribution is 6.31. The fourth-order valence-electron chi connectivity index (χ4n) is 2.77. The van der Waals surface area contributed by atoms with Crippen molar-refractivity contribution in [2.75, 3.05) is 19.7 Å². The number of nitrogens with zero attached hydrogens (tertiary/aromatic N) is 1. The first-order valence-corrected chi connectivity index (χ1v) is 7.33. The number of aromatic nitrogens is 1. The first kappa shape index (κ1) is 14.4. The molecule has 112 valence electrons. The molecular formula is C15H17ClN2O3. The molecule has 0 bridgehead atoms. The largest absolute Gasteiger partial charge is 0.396 e. The maximum absolute atomic E-state index is 12.5. The van der Waals surface area contributed by atoms with Crippen LogP contribution in [0.2, 0.25) is 5.02 Å². The number of aromatic amines is 1. The molecule has 0 radical (unpaired) electrons. The van der Waals surface area contributed by atoms with E-state index in [0.717, 1.165) is 10.9 Å². The van der Waals surface area contributed by atoms with Crippen molar-refractivity contribution in [3.05, 3.63) is 35.0 Å². The number of halogens is 1. The lowest BCUT2D eigenvalue weighted by atomic mass is 9.94. The molecule has 0 spiro atoms. The van der Waals surface area contributed by atoms with Gasteiger partial charge >= 0.3 is 0 Å². The lowest BCUT2D eigenvalue weighted by Gasteiger charge is -2.34. The minimum Gasteiger partial charge on any atom is -0.396 e. The van der Waals surface area contributed by atoms with Gasteiger partial charge in [0.05, 0.1) is 6.10 Å². The minimum atomic E-state index is -0.675. The molecule has 3 rings (SSSR count). The second kappa shape index (κ2) is 5.67. The second-order valence-electron chi connectivity index (χ2n) is 5.46. The average molecular weight is 309 g/mol. The number of likely N-dealkylation sites (tertiary alicyclic amines) is 1. The van der Waals surface area contributed by atoms with Gasteiger partial charge in [-0.1, -0.05) is 11.6 Å². The molecule has 1 fully saturated rings. The number of aliphatic hydroxyl groups is 2. The van der Waals surface area contributed by atoms with Crippen LogP contribution in [0.15, 0.2) is 24.3 Å². The summed E-state index contributed by atoms with van der Waals surface area (Å²) in [5.74, 6) is -0.284. The summed E-state index contributed by atoms with van der Waals surface area (Å²) in [5, 5.41) is 20.6. The Hall–Kier alpha value is -1.56. The summed E-state index contributed by atoms with van der Waals surface area (Å²) in [4.78, 5) is 17.2. The quantitative estimate of drug-likeness (QED) is 0.789. The third-order valence-electron chi connectivity index (χ3n) is 4.06. The molecule has 1 aliphatic rings. The van der Waals surface area contributed by atoms with E-state index in [1.54, 1.807) is 23.1 Å². The molecule has 6 heteroatoms.